The van der Waals surface area contributed by atoms with Gasteiger partial charge >= 0.3 is 0 Å². The molecule has 0 aliphatic carbocycles. The Morgan fingerprint density at radius 3 is 2.60 bits per heavy atom. The maximum absolute atomic E-state index is 5.65. The lowest BCUT2D eigenvalue weighted by atomic mass is 10.2. The van der Waals surface area contributed by atoms with Crippen LogP contribution < -0.4 is 9.47 Å². The van der Waals surface area contributed by atoms with Crippen molar-refractivity contribution in [2.24, 2.45) is 0 Å². The molecule has 6 heteroatoms. The molecule has 0 fully saturated rings. The van der Waals surface area contributed by atoms with Gasteiger partial charge in [0.05, 0.1) is 19.5 Å². The van der Waals surface area contributed by atoms with Crippen LogP contribution in [0, 0.1) is 0 Å². The molecule has 0 bridgehead atoms. The number of aromatic nitrogens is 2. The summed E-state index contributed by atoms with van der Waals surface area (Å²) in [5.74, 6) is 4.46. The Bertz CT molecular complexity index is 802. The van der Waals surface area contributed by atoms with Crippen molar-refractivity contribution in [1.82, 2.24) is 10.1 Å². The summed E-state index contributed by atoms with van der Waals surface area (Å²) in [6.07, 6.45) is 0. The van der Waals surface area contributed by atoms with Gasteiger partial charge in [-0.25, -0.2) is 0 Å². The van der Waals surface area contributed by atoms with Crippen LogP contribution in [0.15, 0.2) is 53.1 Å². The third-order valence-electron chi connectivity index (χ3n) is 3.57. The second kappa shape index (κ2) is 8.58. The zero-order chi connectivity index (χ0) is 17.5. The topological polar surface area (TPSA) is 57.4 Å². The fourth-order valence-electron chi connectivity index (χ4n) is 2.34. The molecule has 1 heterocycles. The maximum atomic E-state index is 5.65. The van der Waals surface area contributed by atoms with Crippen molar-refractivity contribution in [1.29, 1.82) is 0 Å². The van der Waals surface area contributed by atoms with Crippen LogP contribution in [0.4, 0.5) is 0 Å². The van der Waals surface area contributed by atoms with Crippen LogP contribution in [-0.4, -0.2) is 23.9 Å². The summed E-state index contributed by atoms with van der Waals surface area (Å²) in [4.78, 5) is 4.46. The molecule has 0 amide bonds. The molecule has 0 saturated carbocycles. The fourth-order valence-corrected chi connectivity index (χ4v) is 3.20. The highest BCUT2D eigenvalue weighted by Gasteiger charge is 2.10. The molecule has 25 heavy (non-hydrogen) atoms. The van der Waals surface area contributed by atoms with Gasteiger partial charge in [0.2, 0.25) is 0 Å². The molecule has 0 atom stereocenters. The van der Waals surface area contributed by atoms with Gasteiger partial charge in [-0.15, -0.1) is 11.8 Å². The second-order valence-corrected chi connectivity index (χ2v) is 6.26. The molecule has 130 valence electrons. The van der Waals surface area contributed by atoms with Crippen molar-refractivity contribution in [2.45, 2.75) is 18.4 Å². The van der Waals surface area contributed by atoms with Gasteiger partial charge in [-0.1, -0.05) is 23.4 Å². The van der Waals surface area contributed by atoms with Crippen LogP contribution in [0.1, 0.15) is 18.3 Å². The van der Waals surface area contributed by atoms with Gasteiger partial charge in [0, 0.05) is 16.9 Å². The van der Waals surface area contributed by atoms with E-state index in [0.29, 0.717) is 24.1 Å². The van der Waals surface area contributed by atoms with Gasteiger partial charge in [-0.3, -0.25) is 0 Å². The minimum Gasteiger partial charge on any atom is -0.497 e. The molecule has 0 aliphatic rings. The molecule has 0 spiro atoms. The van der Waals surface area contributed by atoms with E-state index in [2.05, 4.69) is 16.2 Å². The predicted molar refractivity (Wildman–Crippen MR) is 98.9 cm³/mol. The Morgan fingerprint density at radius 1 is 1.04 bits per heavy atom. The first-order valence-electron chi connectivity index (χ1n) is 8.05. The van der Waals surface area contributed by atoms with Crippen LogP contribution in [0.5, 0.6) is 11.5 Å². The first-order chi connectivity index (χ1) is 12.3. The molecule has 3 aromatic rings. The second-order valence-electron chi connectivity index (χ2n) is 5.28. The Balaban J connectivity index is 1.58. The van der Waals surface area contributed by atoms with E-state index in [1.807, 2.05) is 49.4 Å². The van der Waals surface area contributed by atoms with Crippen molar-refractivity contribution >= 4 is 11.8 Å². The number of ether oxygens (including phenoxy) is 2. The monoisotopic (exact) mass is 356 g/mol. The van der Waals surface area contributed by atoms with Gasteiger partial charge in [-0.2, -0.15) is 4.98 Å². The SMILES string of the molecule is CCOc1ccccc1CSCc1noc(-c2ccc(OC)cc2)n1. The van der Waals surface area contributed by atoms with Gasteiger partial charge in [0.15, 0.2) is 5.82 Å². The average Bonchev–Trinajstić information content (AvgIpc) is 3.12. The van der Waals surface area contributed by atoms with Crippen LogP contribution in [0.3, 0.4) is 0 Å². The molecule has 0 aliphatic heterocycles. The smallest absolute Gasteiger partial charge is 0.257 e. The standard InChI is InChI=1S/C19H20N2O3S/c1-3-23-17-7-5-4-6-15(17)12-25-13-18-20-19(24-21-18)14-8-10-16(22-2)11-9-14/h4-11H,3,12-13H2,1-2H3. The van der Waals surface area contributed by atoms with Crippen molar-refractivity contribution < 1.29 is 14.0 Å². The number of methoxy groups -OCH3 is 1. The lowest BCUT2D eigenvalue weighted by molar-refractivity contribution is 0.337. The number of rotatable bonds is 8. The van der Waals surface area contributed by atoms with E-state index >= 15 is 0 Å². The van der Waals surface area contributed by atoms with E-state index in [4.69, 9.17) is 14.0 Å². The molecule has 0 saturated heterocycles. The van der Waals surface area contributed by atoms with E-state index in [0.717, 1.165) is 22.8 Å². The summed E-state index contributed by atoms with van der Waals surface area (Å²) >= 11 is 1.73. The molecule has 1 aromatic heterocycles. The number of para-hydroxylation sites is 1. The summed E-state index contributed by atoms with van der Waals surface area (Å²) in [7, 11) is 1.64. The van der Waals surface area contributed by atoms with E-state index in [9.17, 15) is 0 Å². The van der Waals surface area contributed by atoms with Crippen molar-refractivity contribution in [3.8, 4) is 23.0 Å². The van der Waals surface area contributed by atoms with Crippen molar-refractivity contribution in [3.05, 3.63) is 59.9 Å². The van der Waals surface area contributed by atoms with Gasteiger partial charge in [0.1, 0.15) is 11.5 Å². The largest absolute Gasteiger partial charge is 0.497 e. The fraction of sp³-hybridized carbons (Fsp3) is 0.263. The average molecular weight is 356 g/mol. The summed E-state index contributed by atoms with van der Waals surface area (Å²) in [5, 5.41) is 4.06. The summed E-state index contributed by atoms with van der Waals surface area (Å²) in [6.45, 7) is 2.65. The third kappa shape index (κ3) is 4.54. The highest BCUT2D eigenvalue weighted by molar-refractivity contribution is 7.97. The Kier molecular flexibility index (Phi) is 5.95. The van der Waals surface area contributed by atoms with Crippen molar-refractivity contribution in [3.63, 3.8) is 0 Å². The molecule has 5 nitrogen and oxygen atoms in total. The predicted octanol–water partition coefficient (Wildman–Crippen LogP) is 4.58. The van der Waals surface area contributed by atoms with Gasteiger partial charge in [0.25, 0.3) is 5.89 Å². The van der Waals surface area contributed by atoms with Crippen LogP contribution in [0.2, 0.25) is 0 Å². The first-order valence-corrected chi connectivity index (χ1v) is 9.21. The van der Waals surface area contributed by atoms with Gasteiger partial charge in [-0.05, 0) is 37.3 Å². The number of benzene rings is 2. The van der Waals surface area contributed by atoms with Crippen LogP contribution >= 0.6 is 11.8 Å². The molecule has 2 aromatic carbocycles. The zero-order valence-corrected chi connectivity index (χ0v) is 15.1. The Morgan fingerprint density at radius 2 is 1.84 bits per heavy atom. The zero-order valence-electron chi connectivity index (χ0n) is 14.3. The molecular weight excluding hydrogens is 336 g/mol. The maximum Gasteiger partial charge on any atom is 0.257 e. The molecule has 0 radical (unpaired) electrons. The molecule has 0 unspecified atom stereocenters. The summed E-state index contributed by atoms with van der Waals surface area (Å²) in [6, 6.07) is 15.6. The number of hydrogen-bond acceptors (Lipinski definition) is 6. The summed E-state index contributed by atoms with van der Waals surface area (Å²) in [5.41, 5.74) is 2.06. The number of nitrogens with zero attached hydrogens (tertiary/aromatic N) is 2. The Hall–Kier alpha value is -2.47. The highest BCUT2D eigenvalue weighted by atomic mass is 32.2. The molecular formula is C19H20N2O3S. The van der Waals surface area contributed by atoms with Crippen LogP contribution in [0.25, 0.3) is 11.5 Å². The molecule has 3 rings (SSSR count). The number of thioether (sulfide) groups is 1. The van der Waals surface area contributed by atoms with E-state index < -0.39 is 0 Å². The lowest BCUT2D eigenvalue weighted by Gasteiger charge is -2.08. The van der Waals surface area contributed by atoms with E-state index in [1.54, 1.807) is 18.9 Å². The van der Waals surface area contributed by atoms with E-state index in [-0.39, 0.29) is 0 Å². The third-order valence-corrected chi connectivity index (χ3v) is 4.54. The highest BCUT2D eigenvalue weighted by Crippen LogP contribution is 2.26. The normalized spacial score (nSPS) is 10.6. The molecule has 0 N–H and O–H groups in total. The van der Waals surface area contributed by atoms with Crippen LogP contribution in [-0.2, 0) is 11.5 Å². The summed E-state index contributed by atoms with van der Waals surface area (Å²) < 4.78 is 16.1. The number of hydrogen-bond donors (Lipinski definition) is 0. The van der Waals surface area contributed by atoms with Gasteiger partial charge < -0.3 is 14.0 Å². The van der Waals surface area contributed by atoms with E-state index in [1.165, 1.54) is 5.56 Å². The minimum absolute atomic E-state index is 0.521. The Labute approximate surface area is 151 Å². The first kappa shape index (κ1) is 17.4. The lowest BCUT2D eigenvalue weighted by Crippen LogP contribution is -1.95. The quantitative estimate of drug-likeness (QED) is 0.589. The minimum atomic E-state index is 0.521. The van der Waals surface area contributed by atoms with Crippen molar-refractivity contribution in [2.75, 3.05) is 13.7 Å².